The van der Waals surface area contributed by atoms with Gasteiger partial charge in [0.1, 0.15) is 42.9 Å². The summed E-state index contributed by atoms with van der Waals surface area (Å²) in [5.41, 5.74) is 7.62. The van der Waals surface area contributed by atoms with Gasteiger partial charge in [-0.1, -0.05) is 44.1 Å². The maximum atomic E-state index is 14.6. The van der Waals surface area contributed by atoms with Crippen molar-refractivity contribution in [2.75, 3.05) is 96.0 Å². The SMILES string of the molecule is CCC(=O)CCCOCCOCCOCCOCCOCCOCCn1cc(-c2cc(COc3cc4c(cc3C)C(=O)N3C=C(C)C[C@H]3[C@H](O[Si](C)(C)C(C)(C)C)N4[B]C=O)cc(COc3cc4c(cc3OC)C(=O)N3C=C(C)C[C@H]3[C@H](C)N4B(C)O)c2)nn1. The largest absolute Gasteiger partial charge is 0.493 e. The highest BCUT2D eigenvalue weighted by molar-refractivity contribution is 6.74. The lowest BCUT2D eigenvalue weighted by atomic mass is 9.80. The summed E-state index contributed by atoms with van der Waals surface area (Å²) in [7, 11) is -0.396. The summed E-state index contributed by atoms with van der Waals surface area (Å²) in [6.07, 6.45) is 8.89. The van der Waals surface area contributed by atoms with Crippen molar-refractivity contribution in [3.63, 3.8) is 0 Å². The van der Waals surface area contributed by atoms with Gasteiger partial charge in [-0.15, -0.1) is 5.10 Å². The van der Waals surface area contributed by atoms with Gasteiger partial charge in [0.2, 0.25) is 0 Å². The Balaban J connectivity index is 0.933. The Kier molecular flexibility index (Phi) is 24.9. The molecule has 22 nitrogen and oxygen atoms in total. The molecule has 8 rings (SSSR count). The summed E-state index contributed by atoms with van der Waals surface area (Å²) in [5, 5.41) is 20.1. The summed E-state index contributed by atoms with van der Waals surface area (Å²) in [6, 6.07) is 12.3. The molecule has 1 N–H and O–H groups in total. The van der Waals surface area contributed by atoms with E-state index in [0.29, 0.717) is 157 Å². The van der Waals surface area contributed by atoms with Gasteiger partial charge in [0.15, 0.2) is 19.8 Å². The molecule has 0 spiro atoms. The molecule has 0 bridgehead atoms. The summed E-state index contributed by atoms with van der Waals surface area (Å²) < 4.78 is 62.0. The van der Waals surface area contributed by atoms with Gasteiger partial charge in [0.05, 0.1) is 116 Å². The maximum Gasteiger partial charge on any atom is 0.409 e. The number of aryl methyl sites for hydroxylation is 1. The van der Waals surface area contributed by atoms with E-state index in [1.807, 2.05) is 93.2 Å². The Morgan fingerprint density at radius 2 is 1.27 bits per heavy atom. The second kappa shape index (κ2) is 32.2. The van der Waals surface area contributed by atoms with Crippen LogP contribution >= 0.6 is 0 Å². The van der Waals surface area contributed by atoms with Crippen molar-refractivity contribution in [3.05, 3.63) is 100 Å². The van der Waals surface area contributed by atoms with Crippen molar-refractivity contribution in [2.24, 2.45) is 0 Å². The van der Waals surface area contributed by atoms with Gasteiger partial charge < -0.3 is 76.3 Å². The van der Waals surface area contributed by atoms with E-state index in [1.54, 1.807) is 33.4 Å². The highest BCUT2D eigenvalue weighted by atomic mass is 28.4. The van der Waals surface area contributed by atoms with Gasteiger partial charge in [0.25, 0.3) is 11.8 Å². The van der Waals surface area contributed by atoms with E-state index in [4.69, 9.17) is 47.1 Å². The first kappa shape index (κ1) is 69.5. The van der Waals surface area contributed by atoms with E-state index in [2.05, 4.69) is 44.2 Å². The summed E-state index contributed by atoms with van der Waals surface area (Å²) in [5.74, 6) is 1.14. The number of ketones is 1. The number of carbonyl (C=O) groups is 4. The molecule has 90 heavy (non-hydrogen) atoms. The second-order valence-electron chi connectivity index (χ2n) is 25.0. The van der Waals surface area contributed by atoms with E-state index in [-0.39, 0.29) is 54.0 Å². The zero-order chi connectivity index (χ0) is 64.7. The Labute approximate surface area is 532 Å². The van der Waals surface area contributed by atoms with Gasteiger partial charge in [-0.05, 0) is 119 Å². The molecular formula is C65H92B2N7O15Si. The Morgan fingerprint density at radius 1 is 0.733 bits per heavy atom. The molecule has 25 heteroatoms. The van der Waals surface area contributed by atoms with Crippen LogP contribution in [0, 0.1) is 6.92 Å². The van der Waals surface area contributed by atoms with E-state index < -0.39 is 21.6 Å². The summed E-state index contributed by atoms with van der Waals surface area (Å²) in [6.45, 7) is 28.3. The number of ether oxygens (including phenoxy) is 9. The van der Waals surface area contributed by atoms with Crippen LogP contribution in [0.3, 0.4) is 0 Å². The smallest absolute Gasteiger partial charge is 0.409 e. The van der Waals surface area contributed by atoms with Crippen LogP contribution in [0.1, 0.15) is 118 Å². The number of methoxy groups -OCH3 is 1. The fourth-order valence-corrected chi connectivity index (χ4v) is 12.6. The Hall–Kier alpha value is -6.41. The van der Waals surface area contributed by atoms with Crippen LogP contribution in [0.2, 0.25) is 25.0 Å². The average molecular weight is 1260 g/mol. The molecule has 0 fully saturated rings. The monoisotopic (exact) mass is 1260 g/mol. The molecule has 0 aliphatic carbocycles. The van der Waals surface area contributed by atoms with Crippen LogP contribution in [0.4, 0.5) is 11.4 Å². The van der Waals surface area contributed by atoms with Gasteiger partial charge in [0, 0.05) is 67.0 Å². The minimum Gasteiger partial charge on any atom is -0.493 e. The van der Waals surface area contributed by atoms with Crippen LogP contribution in [-0.2, 0) is 62.2 Å². The van der Waals surface area contributed by atoms with Crippen LogP contribution in [-0.4, -0.2) is 187 Å². The van der Waals surface area contributed by atoms with Crippen molar-refractivity contribution >= 4 is 57.9 Å². The van der Waals surface area contributed by atoms with Crippen LogP contribution in [0.5, 0.6) is 17.2 Å². The summed E-state index contributed by atoms with van der Waals surface area (Å²) >= 11 is 0. The third-order valence-electron chi connectivity index (χ3n) is 17.1. The molecule has 1 aromatic heterocycles. The normalized spacial score (nSPS) is 18.1. The van der Waals surface area contributed by atoms with Crippen molar-refractivity contribution in [1.29, 1.82) is 0 Å². The average Bonchev–Trinajstić information content (AvgIpc) is 1.60. The fraction of sp³-hybridized carbons (Fsp3) is 0.569. The lowest BCUT2D eigenvalue weighted by molar-refractivity contribution is -0.119. The number of rotatable bonds is 36. The molecule has 4 aliphatic rings. The molecule has 4 aliphatic heterocycles. The van der Waals surface area contributed by atoms with Crippen molar-refractivity contribution in [3.8, 4) is 28.5 Å². The first-order valence-electron chi connectivity index (χ1n) is 31.5. The number of carbonyl (C=O) groups excluding carboxylic acids is 4. The molecule has 4 aromatic rings. The van der Waals surface area contributed by atoms with Crippen LogP contribution in [0.25, 0.3) is 11.3 Å². The maximum absolute atomic E-state index is 14.6. The lowest BCUT2D eigenvalue weighted by Gasteiger charge is -2.45. The first-order valence-corrected chi connectivity index (χ1v) is 34.4. The van der Waals surface area contributed by atoms with E-state index >= 15 is 0 Å². The molecular weight excluding hydrogens is 1170 g/mol. The number of Topliss-reactive ketones (excluding diaryl/α,β-unsaturated/α-hetero) is 1. The molecule has 5 heterocycles. The standard InChI is InChI=1S/C65H92B2N7O15Si/c1-13-51(76)15-14-17-81-19-21-83-23-25-85-27-28-86-26-24-84-22-20-82-18-16-70-40-54(68-69-70)50-33-48(32-49(34-50)42-88-61-37-57-53(35-60(61)80-10)63(78)71-38-44(2)29-55(71)47(5)74(57)67(9)79)41-87-59-36-56-52(31-46(59)4)62(77)72-39-45(3)30-58(72)64(73(56)66-43-75)89-90(11,12)65(6,7)8/h31-40,43,47,55,58,64,79H,13-30,41-42H2,1-12H3/t47-,55-,58-,64-/m0/s1. The number of nitrogens with zero attached hydrogens (tertiary/aromatic N) is 7. The fourth-order valence-electron chi connectivity index (χ4n) is 11.4. The minimum absolute atomic E-state index is 0.0623. The third-order valence-corrected chi connectivity index (χ3v) is 21.6. The Bertz CT molecular complexity index is 3170. The summed E-state index contributed by atoms with van der Waals surface area (Å²) in [4.78, 5) is 60.0. The zero-order valence-electron chi connectivity index (χ0n) is 54.8. The lowest BCUT2D eigenvalue weighted by Crippen LogP contribution is -2.57. The topological polar surface area (TPSA) is 224 Å². The molecule has 1 radical (unpaired) electrons. The number of benzene rings is 3. The zero-order valence-corrected chi connectivity index (χ0v) is 55.8. The molecule has 487 valence electrons. The first-order chi connectivity index (χ1) is 43.1. The third kappa shape index (κ3) is 17.6. The molecule has 0 saturated heterocycles. The van der Waals surface area contributed by atoms with Crippen molar-refractivity contribution in [2.45, 2.75) is 157 Å². The predicted molar refractivity (Wildman–Crippen MR) is 347 cm³/mol. The predicted octanol–water partition coefficient (Wildman–Crippen LogP) is 8.81. The number of anilines is 2. The van der Waals surface area contributed by atoms with Crippen molar-refractivity contribution in [1.82, 2.24) is 24.8 Å². The number of fused-ring (bicyclic) bond motifs is 4. The number of hydrogen-bond acceptors (Lipinski definition) is 19. The van der Waals surface area contributed by atoms with E-state index in [0.717, 1.165) is 46.0 Å². The molecule has 4 atom stereocenters. The van der Waals surface area contributed by atoms with Gasteiger partial charge in [-0.2, -0.15) is 0 Å². The highest BCUT2D eigenvalue weighted by Gasteiger charge is 2.49. The van der Waals surface area contributed by atoms with Crippen LogP contribution < -0.4 is 23.8 Å². The van der Waals surface area contributed by atoms with Gasteiger partial charge in [-0.3, -0.25) is 14.4 Å². The van der Waals surface area contributed by atoms with E-state index in [9.17, 15) is 24.2 Å². The number of hydrogen-bond donors (Lipinski definition) is 1. The second-order valence-corrected chi connectivity index (χ2v) is 29.7. The Morgan fingerprint density at radius 3 is 1.82 bits per heavy atom. The van der Waals surface area contributed by atoms with Gasteiger partial charge >= 0.3 is 14.5 Å². The van der Waals surface area contributed by atoms with Crippen LogP contribution in [0.15, 0.2) is 72.2 Å². The number of aromatic nitrogens is 3. The number of amides is 2. The highest BCUT2D eigenvalue weighted by Crippen LogP contribution is 2.45. The van der Waals surface area contributed by atoms with Gasteiger partial charge in [-0.25, -0.2) is 4.68 Å². The molecule has 0 saturated carbocycles. The molecule has 0 unspecified atom stereocenters. The van der Waals surface area contributed by atoms with Crippen molar-refractivity contribution < 1.29 is 71.3 Å². The molecule has 3 aromatic carbocycles. The molecule has 2 amide bonds. The quantitative estimate of drug-likeness (QED) is 0.0255. The minimum atomic E-state index is -2.47. The van der Waals surface area contributed by atoms with E-state index in [1.165, 1.54) is 14.5 Å².